The van der Waals surface area contributed by atoms with Gasteiger partial charge in [-0.05, 0) is 56.5 Å². The smallest absolute Gasteiger partial charge is 0.317 e. The lowest BCUT2D eigenvalue weighted by atomic mass is 10.2. The van der Waals surface area contributed by atoms with Crippen molar-refractivity contribution >= 4 is 23.3 Å². The molecule has 1 aliphatic rings. The number of aryl methyl sites for hydroxylation is 1. The summed E-state index contributed by atoms with van der Waals surface area (Å²) in [5.41, 5.74) is 0.840. The molecule has 2 heterocycles. The molecule has 1 aliphatic heterocycles. The Bertz CT molecular complexity index is 865. The lowest BCUT2D eigenvalue weighted by Gasteiger charge is -2.29. The Kier molecular flexibility index (Phi) is 8.43. The van der Waals surface area contributed by atoms with E-state index >= 15 is 0 Å². The van der Waals surface area contributed by atoms with Crippen LogP contribution >= 0.6 is 11.3 Å². The monoisotopic (exact) mass is 447 g/mol. The zero-order chi connectivity index (χ0) is 22.2. The van der Waals surface area contributed by atoms with Crippen molar-refractivity contribution in [2.24, 2.45) is 0 Å². The Balaban J connectivity index is 1.74. The van der Waals surface area contributed by atoms with E-state index in [1.807, 2.05) is 26.0 Å². The minimum absolute atomic E-state index is 0.0305. The number of nitrogens with one attached hydrogen (secondary N) is 1. The Labute approximate surface area is 187 Å². The molecule has 0 saturated carbocycles. The third-order valence-electron chi connectivity index (χ3n) is 5.17. The van der Waals surface area contributed by atoms with Gasteiger partial charge in [0.2, 0.25) is 5.91 Å². The number of hydrogen-bond acceptors (Lipinski definition) is 4. The molecule has 1 unspecified atom stereocenters. The maximum absolute atomic E-state index is 13.3. The predicted molar refractivity (Wildman–Crippen MR) is 119 cm³/mol. The summed E-state index contributed by atoms with van der Waals surface area (Å²) < 4.78 is 19.0. The fourth-order valence-corrected chi connectivity index (χ4v) is 4.49. The number of ether oxygens (including phenoxy) is 1. The second kappa shape index (κ2) is 11.2. The third kappa shape index (κ3) is 7.04. The van der Waals surface area contributed by atoms with Crippen LogP contribution in [-0.4, -0.2) is 54.1 Å². The van der Waals surface area contributed by atoms with Crippen molar-refractivity contribution < 1.29 is 18.7 Å². The number of nitrogens with zero attached hydrogens (tertiary/aromatic N) is 2. The average molecular weight is 448 g/mol. The maximum atomic E-state index is 13.3. The van der Waals surface area contributed by atoms with Gasteiger partial charge in [0.25, 0.3) is 0 Å². The molecule has 0 bridgehead atoms. The number of rotatable bonds is 9. The van der Waals surface area contributed by atoms with Crippen LogP contribution in [0.4, 0.5) is 9.18 Å². The molecule has 1 aromatic carbocycles. The molecule has 8 heteroatoms. The number of carbonyl (C=O) groups excluding carboxylic acids is 2. The van der Waals surface area contributed by atoms with Crippen molar-refractivity contribution in [2.45, 2.75) is 45.9 Å². The SMILES string of the molecule is CCNC(=O)N(CC(=O)N(Cc1ccc(F)cc1)Cc1ccc(C)s1)CC1CCCO1. The quantitative estimate of drug-likeness (QED) is 0.634. The fourth-order valence-electron chi connectivity index (χ4n) is 3.58. The first kappa shape index (κ1) is 23.2. The standard InChI is InChI=1S/C23H30FN3O3S/c1-3-25-23(29)27(14-20-5-4-12-30-20)16-22(28)26(15-21-11-6-17(2)31-21)13-18-7-9-19(24)10-8-18/h6-11,20H,3-5,12-16H2,1-2H3,(H,25,29). The van der Waals surface area contributed by atoms with E-state index < -0.39 is 0 Å². The number of hydrogen-bond donors (Lipinski definition) is 1. The summed E-state index contributed by atoms with van der Waals surface area (Å²) in [6.07, 6.45) is 1.81. The van der Waals surface area contributed by atoms with E-state index in [4.69, 9.17) is 4.74 Å². The summed E-state index contributed by atoms with van der Waals surface area (Å²) in [5.74, 6) is -0.464. The molecule has 3 amide bonds. The molecule has 0 radical (unpaired) electrons. The Morgan fingerprint density at radius 1 is 1.16 bits per heavy atom. The van der Waals surface area contributed by atoms with Crippen molar-refractivity contribution in [3.63, 3.8) is 0 Å². The molecule has 2 aromatic rings. The van der Waals surface area contributed by atoms with E-state index in [9.17, 15) is 14.0 Å². The summed E-state index contributed by atoms with van der Waals surface area (Å²) >= 11 is 1.64. The van der Waals surface area contributed by atoms with Crippen molar-refractivity contribution in [3.05, 3.63) is 57.5 Å². The van der Waals surface area contributed by atoms with Crippen LogP contribution in [0.3, 0.4) is 0 Å². The minimum Gasteiger partial charge on any atom is -0.376 e. The average Bonchev–Trinajstić information content (AvgIpc) is 3.40. The topological polar surface area (TPSA) is 61.9 Å². The van der Waals surface area contributed by atoms with Gasteiger partial charge in [-0.2, -0.15) is 0 Å². The highest BCUT2D eigenvalue weighted by Gasteiger charge is 2.26. The lowest BCUT2D eigenvalue weighted by Crippen LogP contribution is -2.48. The van der Waals surface area contributed by atoms with E-state index in [-0.39, 0.29) is 30.4 Å². The second-order valence-electron chi connectivity index (χ2n) is 7.74. The van der Waals surface area contributed by atoms with Gasteiger partial charge in [0.1, 0.15) is 12.4 Å². The molecule has 6 nitrogen and oxygen atoms in total. The van der Waals surface area contributed by atoms with Crippen molar-refractivity contribution in [3.8, 4) is 0 Å². The molecule has 1 aromatic heterocycles. The molecule has 1 N–H and O–H groups in total. The van der Waals surface area contributed by atoms with Crippen LogP contribution < -0.4 is 5.32 Å². The number of thiophene rings is 1. The molecule has 168 valence electrons. The van der Waals surface area contributed by atoms with Crippen LogP contribution in [0.2, 0.25) is 0 Å². The first-order valence-electron chi connectivity index (χ1n) is 10.7. The number of benzene rings is 1. The van der Waals surface area contributed by atoms with E-state index in [0.29, 0.717) is 32.8 Å². The van der Waals surface area contributed by atoms with Gasteiger partial charge in [-0.25, -0.2) is 9.18 Å². The second-order valence-corrected chi connectivity index (χ2v) is 9.11. The third-order valence-corrected chi connectivity index (χ3v) is 6.16. The Hall–Kier alpha value is -2.45. The molecule has 3 rings (SSSR count). The van der Waals surface area contributed by atoms with Crippen LogP contribution in [0.5, 0.6) is 0 Å². The molecular formula is C23H30FN3O3S. The summed E-state index contributed by atoms with van der Waals surface area (Å²) in [5, 5.41) is 2.79. The number of carbonyl (C=O) groups is 2. The molecular weight excluding hydrogens is 417 g/mol. The van der Waals surface area contributed by atoms with E-state index in [1.165, 1.54) is 17.0 Å². The van der Waals surface area contributed by atoms with Crippen molar-refractivity contribution in [1.82, 2.24) is 15.1 Å². The Morgan fingerprint density at radius 2 is 1.94 bits per heavy atom. The first-order chi connectivity index (χ1) is 14.9. The van der Waals surface area contributed by atoms with Gasteiger partial charge in [0.15, 0.2) is 0 Å². The number of urea groups is 1. The molecule has 1 atom stereocenters. The summed E-state index contributed by atoms with van der Waals surface area (Å²) in [7, 11) is 0. The summed E-state index contributed by atoms with van der Waals surface area (Å²) in [4.78, 5) is 31.4. The summed E-state index contributed by atoms with van der Waals surface area (Å²) in [6.45, 7) is 6.20. The van der Waals surface area contributed by atoms with E-state index in [2.05, 4.69) is 5.32 Å². The van der Waals surface area contributed by atoms with Crippen LogP contribution in [0.25, 0.3) is 0 Å². The normalized spacial score (nSPS) is 15.6. The fraction of sp³-hybridized carbons (Fsp3) is 0.478. The van der Waals surface area contributed by atoms with Crippen LogP contribution in [0, 0.1) is 12.7 Å². The highest BCUT2D eigenvalue weighted by Crippen LogP contribution is 2.20. The van der Waals surface area contributed by atoms with Crippen molar-refractivity contribution in [2.75, 3.05) is 26.2 Å². The lowest BCUT2D eigenvalue weighted by molar-refractivity contribution is -0.133. The van der Waals surface area contributed by atoms with Gasteiger partial charge in [0.05, 0.1) is 12.6 Å². The van der Waals surface area contributed by atoms with Crippen LogP contribution in [0.1, 0.15) is 35.1 Å². The molecule has 0 spiro atoms. The first-order valence-corrected chi connectivity index (χ1v) is 11.5. The van der Waals surface area contributed by atoms with Crippen molar-refractivity contribution in [1.29, 1.82) is 0 Å². The number of amides is 3. The van der Waals surface area contributed by atoms with Gasteiger partial charge in [-0.15, -0.1) is 11.3 Å². The predicted octanol–water partition coefficient (Wildman–Crippen LogP) is 3.93. The maximum Gasteiger partial charge on any atom is 0.317 e. The number of halogens is 1. The molecule has 1 fully saturated rings. The highest BCUT2D eigenvalue weighted by molar-refractivity contribution is 7.11. The van der Waals surface area contributed by atoms with Crippen LogP contribution in [0.15, 0.2) is 36.4 Å². The molecule has 0 aliphatic carbocycles. The Morgan fingerprint density at radius 3 is 2.55 bits per heavy atom. The summed E-state index contributed by atoms with van der Waals surface area (Å²) in [6, 6.07) is 9.93. The largest absolute Gasteiger partial charge is 0.376 e. The van der Waals surface area contributed by atoms with Crippen LogP contribution in [-0.2, 0) is 22.6 Å². The zero-order valence-electron chi connectivity index (χ0n) is 18.1. The zero-order valence-corrected chi connectivity index (χ0v) is 18.9. The van der Waals surface area contributed by atoms with E-state index in [0.717, 1.165) is 23.3 Å². The minimum atomic E-state index is -0.311. The molecule has 31 heavy (non-hydrogen) atoms. The van der Waals surface area contributed by atoms with Gasteiger partial charge in [-0.3, -0.25) is 4.79 Å². The van der Waals surface area contributed by atoms with Gasteiger partial charge in [-0.1, -0.05) is 12.1 Å². The van der Waals surface area contributed by atoms with Gasteiger partial charge >= 0.3 is 6.03 Å². The van der Waals surface area contributed by atoms with Gasteiger partial charge < -0.3 is 19.9 Å². The molecule has 1 saturated heterocycles. The van der Waals surface area contributed by atoms with Gasteiger partial charge in [0, 0.05) is 36.0 Å². The van der Waals surface area contributed by atoms with E-state index in [1.54, 1.807) is 33.3 Å². The highest BCUT2D eigenvalue weighted by atomic mass is 32.1.